The number of rotatable bonds is 2. The molecule has 0 amide bonds. The van der Waals surface area contributed by atoms with Crippen LogP contribution in [-0.4, -0.2) is 0 Å². The Bertz CT molecular complexity index is 1270. The average molecular weight is 409 g/mol. The summed E-state index contributed by atoms with van der Waals surface area (Å²) in [5.41, 5.74) is 5.02. The largest absolute Gasteiger partial charge is 0.0622 e. The van der Waals surface area contributed by atoms with E-state index in [4.69, 9.17) is 0 Å². The Balaban J connectivity index is 1.98. The molecule has 5 aromatic carbocycles. The van der Waals surface area contributed by atoms with Gasteiger partial charge in [0.1, 0.15) is 0 Å². The van der Waals surface area contributed by atoms with Crippen LogP contribution in [0.1, 0.15) is 0 Å². The monoisotopic (exact) mass is 408 g/mol. The minimum Gasteiger partial charge on any atom is -0.0622 e. The molecular formula is C26H17Br. The van der Waals surface area contributed by atoms with Gasteiger partial charge < -0.3 is 0 Å². The Kier molecular flexibility index (Phi) is 4.03. The van der Waals surface area contributed by atoms with Crippen LogP contribution in [0.25, 0.3) is 43.8 Å². The Morgan fingerprint density at radius 2 is 1.00 bits per heavy atom. The van der Waals surface area contributed by atoms with Crippen LogP contribution in [0.2, 0.25) is 0 Å². The van der Waals surface area contributed by atoms with Gasteiger partial charge in [-0.25, -0.2) is 0 Å². The Morgan fingerprint density at radius 1 is 0.444 bits per heavy atom. The lowest BCUT2D eigenvalue weighted by Gasteiger charge is -2.17. The van der Waals surface area contributed by atoms with Gasteiger partial charge in [-0.05, 0) is 44.3 Å². The van der Waals surface area contributed by atoms with Crippen molar-refractivity contribution in [1.29, 1.82) is 0 Å². The van der Waals surface area contributed by atoms with Crippen LogP contribution in [0.5, 0.6) is 0 Å². The van der Waals surface area contributed by atoms with Gasteiger partial charge in [0, 0.05) is 10.0 Å². The Morgan fingerprint density at radius 3 is 1.70 bits per heavy atom. The Labute approximate surface area is 167 Å². The van der Waals surface area contributed by atoms with Crippen LogP contribution in [0.15, 0.2) is 108 Å². The van der Waals surface area contributed by atoms with Gasteiger partial charge in [-0.15, -0.1) is 0 Å². The van der Waals surface area contributed by atoms with E-state index < -0.39 is 0 Å². The van der Waals surface area contributed by atoms with Crippen LogP contribution in [0.3, 0.4) is 0 Å². The third-order valence-corrected chi connectivity index (χ3v) is 5.80. The van der Waals surface area contributed by atoms with Crippen molar-refractivity contribution in [3.63, 3.8) is 0 Å². The molecule has 0 unspecified atom stereocenters. The van der Waals surface area contributed by atoms with E-state index in [1.807, 2.05) is 0 Å². The van der Waals surface area contributed by atoms with Crippen molar-refractivity contribution in [2.45, 2.75) is 0 Å². The van der Waals surface area contributed by atoms with Crippen molar-refractivity contribution < 1.29 is 0 Å². The molecule has 0 aromatic heterocycles. The molecule has 0 heterocycles. The number of fused-ring (bicyclic) bond motifs is 2. The molecule has 0 aliphatic carbocycles. The molecule has 0 N–H and O–H groups in total. The van der Waals surface area contributed by atoms with Crippen molar-refractivity contribution in [3.8, 4) is 22.3 Å². The van der Waals surface area contributed by atoms with Crippen molar-refractivity contribution in [2.75, 3.05) is 0 Å². The molecule has 0 saturated heterocycles. The average Bonchev–Trinajstić information content (AvgIpc) is 2.74. The highest BCUT2D eigenvalue weighted by Gasteiger charge is 2.16. The van der Waals surface area contributed by atoms with Crippen LogP contribution in [0, 0.1) is 0 Å². The number of benzene rings is 5. The zero-order valence-electron chi connectivity index (χ0n) is 14.7. The minimum absolute atomic E-state index is 1.12. The molecule has 0 aliphatic rings. The predicted octanol–water partition coefficient (Wildman–Crippen LogP) is 8.09. The molecule has 0 atom stereocenters. The first-order valence-electron chi connectivity index (χ1n) is 9.08. The molecule has 0 aliphatic heterocycles. The van der Waals surface area contributed by atoms with E-state index in [0.717, 1.165) is 4.47 Å². The fourth-order valence-corrected chi connectivity index (χ4v) is 4.44. The van der Waals surface area contributed by atoms with Crippen LogP contribution < -0.4 is 0 Å². The van der Waals surface area contributed by atoms with Gasteiger partial charge in [0.25, 0.3) is 0 Å². The van der Waals surface area contributed by atoms with E-state index in [9.17, 15) is 0 Å². The van der Waals surface area contributed by atoms with Crippen molar-refractivity contribution in [2.24, 2.45) is 0 Å². The van der Waals surface area contributed by atoms with Crippen molar-refractivity contribution in [3.05, 3.63) is 108 Å². The summed E-state index contributed by atoms with van der Waals surface area (Å²) >= 11 is 3.85. The smallest absolute Gasteiger partial charge is 0.0260 e. The topological polar surface area (TPSA) is 0 Å². The number of hydrogen-bond acceptors (Lipinski definition) is 0. The first-order chi connectivity index (χ1) is 13.3. The second-order valence-electron chi connectivity index (χ2n) is 6.72. The van der Waals surface area contributed by atoms with E-state index in [-0.39, 0.29) is 0 Å². The van der Waals surface area contributed by atoms with Gasteiger partial charge in [-0.2, -0.15) is 0 Å². The third kappa shape index (κ3) is 2.75. The molecule has 5 rings (SSSR count). The summed E-state index contributed by atoms with van der Waals surface area (Å²) in [6.45, 7) is 0. The first-order valence-corrected chi connectivity index (χ1v) is 9.87. The van der Waals surface area contributed by atoms with Gasteiger partial charge in [-0.1, -0.05) is 113 Å². The normalized spacial score (nSPS) is 11.1. The zero-order valence-corrected chi connectivity index (χ0v) is 16.3. The fourth-order valence-electron chi connectivity index (χ4n) is 3.90. The fraction of sp³-hybridized carbons (Fsp3) is 0. The molecule has 5 aromatic rings. The highest BCUT2D eigenvalue weighted by molar-refractivity contribution is 9.10. The summed E-state index contributed by atoms with van der Waals surface area (Å²) in [6.07, 6.45) is 0. The third-order valence-electron chi connectivity index (χ3n) is 5.14. The molecule has 0 spiro atoms. The quantitative estimate of drug-likeness (QED) is 0.276. The molecular weight excluding hydrogens is 392 g/mol. The van der Waals surface area contributed by atoms with Gasteiger partial charge in [-0.3, -0.25) is 0 Å². The summed E-state index contributed by atoms with van der Waals surface area (Å²) < 4.78 is 1.12. The Hall–Kier alpha value is -2.90. The summed E-state index contributed by atoms with van der Waals surface area (Å²) in [5.74, 6) is 0. The molecule has 0 saturated carbocycles. The molecule has 1 heteroatoms. The van der Waals surface area contributed by atoms with Gasteiger partial charge in [0.2, 0.25) is 0 Å². The highest BCUT2D eigenvalue weighted by Crippen LogP contribution is 2.44. The van der Waals surface area contributed by atoms with Crippen LogP contribution >= 0.6 is 15.9 Å². The molecule has 0 fully saturated rings. The van der Waals surface area contributed by atoms with Crippen molar-refractivity contribution in [1.82, 2.24) is 0 Å². The lowest BCUT2D eigenvalue weighted by atomic mass is 9.87. The van der Waals surface area contributed by atoms with E-state index in [0.29, 0.717) is 0 Å². The predicted molar refractivity (Wildman–Crippen MR) is 120 cm³/mol. The summed E-state index contributed by atoms with van der Waals surface area (Å²) in [7, 11) is 0. The SMILES string of the molecule is Brc1ccc2ccccc2c1-c1c(-c2ccccc2)ccc2ccccc12. The molecule has 128 valence electrons. The standard InChI is InChI=1S/C26H17Br/c27-24-17-15-20-11-5-7-13-22(20)26(24)25-21-12-6-4-10-19(21)14-16-23(25)18-8-2-1-3-9-18/h1-17H. The zero-order chi connectivity index (χ0) is 18.2. The second-order valence-corrected chi connectivity index (χ2v) is 7.57. The van der Waals surface area contributed by atoms with E-state index in [1.54, 1.807) is 0 Å². The molecule has 27 heavy (non-hydrogen) atoms. The van der Waals surface area contributed by atoms with Gasteiger partial charge >= 0.3 is 0 Å². The van der Waals surface area contributed by atoms with Crippen LogP contribution in [-0.2, 0) is 0 Å². The van der Waals surface area contributed by atoms with E-state index in [1.165, 1.54) is 43.8 Å². The summed E-state index contributed by atoms with van der Waals surface area (Å²) in [4.78, 5) is 0. The van der Waals surface area contributed by atoms with Crippen LogP contribution in [0.4, 0.5) is 0 Å². The van der Waals surface area contributed by atoms with Gasteiger partial charge in [0.15, 0.2) is 0 Å². The lowest BCUT2D eigenvalue weighted by Crippen LogP contribution is -1.91. The number of halogens is 1. The van der Waals surface area contributed by atoms with Crippen molar-refractivity contribution >= 4 is 37.5 Å². The van der Waals surface area contributed by atoms with Gasteiger partial charge in [0.05, 0.1) is 0 Å². The van der Waals surface area contributed by atoms with E-state index in [2.05, 4.69) is 119 Å². The number of hydrogen-bond donors (Lipinski definition) is 0. The van der Waals surface area contributed by atoms with E-state index >= 15 is 0 Å². The summed E-state index contributed by atoms with van der Waals surface area (Å²) in [5, 5.41) is 5.05. The maximum Gasteiger partial charge on any atom is 0.0260 e. The molecule has 0 radical (unpaired) electrons. The maximum atomic E-state index is 3.85. The minimum atomic E-state index is 1.12. The second kappa shape index (κ2) is 6.68. The summed E-state index contributed by atoms with van der Waals surface area (Å²) in [6, 6.07) is 36.7. The molecule has 0 nitrogen and oxygen atoms in total. The molecule has 0 bridgehead atoms. The lowest BCUT2D eigenvalue weighted by molar-refractivity contribution is 1.61. The highest BCUT2D eigenvalue weighted by atomic mass is 79.9. The maximum absolute atomic E-state index is 3.85. The first kappa shape index (κ1) is 16.3.